The van der Waals surface area contributed by atoms with E-state index in [0.29, 0.717) is 19.6 Å². The molecule has 1 fully saturated rings. The zero-order valence-corrected chi connectivity index (χ0v) is 17.4. The van der Waals surface area contributed by atoms with E-state index in [2.05, 4.69) is 5.32 Å². The highest BCUT2D eigenvalue weighted by Crippen LogP contribution is 2.45. The van der Waals surface area contributed by atoms with Crippen LogP contribution in [-0.2, 0) is 19.4 Å². The van der Waals surface area contributed by atoms with E-state index in [-0.39, 0.29) is 22.4 Å². The lowest BCUT2D eigenvalue weighted by atomic mass is 9.81. The second kappa shape index (κ2) is 7.46. The van der Waals surface area contributed by atoms with Crippen LogP contribution < -0.4 is 10.1 Å². The van der Waals surface area contributed by atoms with E-state index in [1.165, 1.54) is 13.2 Å². The maximum Gasteiger partial charge on any atom is 0.217 e. The van der Waals surface area contributed by atoms with E-state index >= 15 is 0 Å². The summed E-state index contributed by atoms with van der Waals surface area (Å²) in [6.45, 7) is 2.82. The zero-order chi connectivity index (χ0) is 20.6. The van der Waals surface area contributed by atoms with Crippen molar-refractivity contribution < 1.29 is 22.7 Å². The van der Waals surface area contributed by atoms with Gasteiger partial charge in [-0.1, -0.05) is 18.2 Å². The number of amides is 1. The summed E-state index contributed by atoms with van der Waals surface area (Å²) in [4.78, 5) is 12.1. The minimum atomic E-state index is -3.29. The molecule has 7 heteroatoms. The third-order valence-electron chi connectivity index (χ3n) is 5.66. The SMILES string of the molecule is CC(=O)NC1CC2(CCOCC2)Oc2ccc(-c3cccc(S(C)(=O)=O)c3)cc21. The maximum atomic E-state index is 11.9. The molecule has 0 aliphatic carbocycles. The van der Waals surface area contributed by atoms with E-state index in [1.54, 1.807) is 18.2 Å². The fraction of sp³-hybridized carbons (Fsp3) is 0.409. The summed E-state index contributed by atoms with van der Waals surface area (Å²) < 4.78 is 35.7. The van der Waals surface area contributed by atoms with Gasteiger partial charge in [0.15, 0.2) is 9.84 Å². The number of hydrogen-bond acceptors (Lipinski definition) is 5. The Morgan fingerprint density at radius 2 is 1.83 bits per heavy atom. The molecule has 29 heavy (non-hydrogen) atoms. The molecule has 1 atom stereocenters. The molecule has 2 aromatic carbocycles. The molecular weight excluding hydrogens is 390 g/mol. The molecule has 154 valence electrons. The van der Waals surface area contributed by atoms with Crippen LogP contribution in [0.1, 0.15) is 37.8 Å². The Bertz CT molecular complexity index is 1040. The second-order valence-electron chi connectivity index (χ2n) is 7.91. The van der Waals surface area contributed by atoms with Gasteiger partial charge in [0.05, 0.1) is 24.2 Å². The molecular formula is C22H25NO5S. The average Bonchev–Trinajstić information content (AvgIpc) is 2.67. The molecule has 6 nitrogen and oxygen atoms in total. The van der Waals surface area contributed by atoms with Gasteiger partial charge >= 0.3 is 0 Å². The van der Waals surface area contributed by atoms with Crippen molar-refractivity contribution in [3.63, 3.8) is 0 Å². The summed E-state index contributed by atoms with van der Waals surface area (Å²) in [5.41, 5.74) is 2.29. The van der Waals surface area contributed by atoms with Crippen LogP contribution in [0.3, 0.4) is 0 Å². The molecule has 1 amide bonds. The molecule has 1 saturated heterocycles. The smallest absolute Gasteiger partial charge is 0.217 e. The highest BCUT2D eigenvalue weighted by molar-refractivity contribution is 7.90. The van der Waals surface area contributed by atoms with Crippen LogP contribution in [0.15, 0.2) is 47.4 Å². The quantitative estimate of drug-likeness (QED) is 0.832. The van der Waals surface area contributed by atoms with Gasteiger partial charge in [0.25, 0.3) is 0 Å². The van der Waals surface area contributed by atoms with Crippen molar-refractivity contribution in [1.29, 1.82) is 0 Å². The minimum absolute atomic E-state index is 0.0884. The van der Waals surface area contributed by atoms with E-state index in [9.17, 15) is 13.2 Å². The number of hydrogen-bond donors (Lipinski definition) is 1. The van der Waals surface area contributed by atoms with Crippen molar-refractivity contribution >= 4 is 15.7 Å². The molecule has 1 N–H and O–H groups in total. The van der Waals surface area contributed by atoms with Gasteiger partial charge in [-0.2, -0.15) is 0 Å². The lowest BCUT2D eigenvalue weighted by Gasteiger charge is -2.44. The Kier molecular flexibility index (Phi) is 5.12. The van der Waals surface area contributed by atoms with Crippen LogP contribution in [0.2, 0.25) is 0 Å². The molecule has 0 radical (unpaired) electrons. The van der Waals surface area contributed by atoms with Crippen molar-refractivity contribution in [2.24, 2.45) is 0 Å². The molecule has 2 aromatic rings. The fourth-order valence-corrected chi connectivity index (χ4v) is 4.85. The average molecular weight is 416 g/mol. The van der Waals surface area contributed by atoms with Gasteiger partial charge < -0.3 is 14.8 Å². The summed E-state index contributed by atoms with van der Waals surface area (Å²) in [7, 11) is -3.29. The first-order valence-corrected chi connectivity index (χ1v) is 11.6. The first-order valence-electron chi connectivity index (χ1n) is 9.74. The summed E-state index contributed by atoms with van der Waals surface area (Å²) in [6, 6.07) is 12.6. The topological polar surface area (TPSA) is 81.7 Å². The van der Waals surface area contributed by atoms with Crippen LogP contribution in [0.4, 0.5) is 0 Å². The first kappa shape index (κ1) is 19.9. The monoisotopic (exact) mass is 415 g/mol. The molecule has 1 unspecified atom stereocenters. The highest BCUT2D eigenvalue weighted by atomic mass is 32.2. The van der Waals surface area contributed by atoms with Crippen molar-refractivity contribution in [3.05, 3.63) is 48.0 Å². The molecule has 2 aliphatic rings. The normalized spacial score (nSPS) is 20.6. The predicted molar refractivity (Wildman–Crippen MR) is 110 cm³/mol. The Morgan fingerprint density at radius 3 is 2.52 bits per heavy atom. The van der Waals surface area contributed by atoms with Gasteiger partial charge in [0.2, 0.25) is 5.91 Å². The van der Waals surface area contributed by atoms with E-state index in [4.69, 9.17) is 9.47 Å². The van der Waals surface area contributed by atoms with Crippen LogP contribution in [-0.4, -0.2) is 39.4 Å². The van der Waals surface area contributed by atoms with Gasteiger partial charge in [0, 0.05) is 38.0 Å². The zero-order valence-electron chi connectivity index (χ0n) is 16.6. The van der Waals surface area contributed by atoms with Crippen LogP contribution in [0, 0.1) is 0 Å². The summed E-state index contributed by atoms with van der Waals surface area (Å²) in [6.07, 6.45) is 3.48. The van der Waals surface area contributed by atoms with Crippen molar-refractivity contribution in [1.82, 2.24) is 5.32 Å². The Hall–Kier alpha value is -2.38. The Balaban J connectivity index is 1.74. The lowest BCUT2D eigenvalue weighted by molar-refractivity contribution is -0.121. The van der Waals surface area contributed by atoms with E-state index < -0.39 is 9.84 Å². The molecule has 2 heterocycles. The van der Waals surface area contributed by atoms with Gasteiger partial charge in [-0.3, -0.25) is 4.79 Å². The summed E-state index contributed by atoms with van der Waals surface area (Å²) in [5.74, 6) is 0.675. The molecule has 0 aromatic heterocycles. The number of fused-ring (bicyclic) bond motifs is 1. The van der Waals surface area contributed by atoms with Gasteiger partial charge in [-0.05, 0) is 35.4 Å². The van der Waals surface area contributed by atoms with Crippen molar-refractivity contribution in [3.8, 4) is 16.9 Å². The molecule has 0 saturated carbocycles. The predicted octanol–water partition coefficient (Wildman–Crippen LogP) is 3.27. The van der Waals surface area contributed by atoms with Gasteiger partial charge in [-0.25, -0.2) is 8.42 Å². The van der Waals surface area contributed by atoms with Crippen LogP contribution in [0.5, 0.6) is 5.75 Å². The minimum Gasteiger partial charge on any atom is -0.487 e. The van der Waals surface area contributed by atoms with E-state index in [1.807, 2.05) is 24.3 Å². The van der Waals surface area contributed by atoms with Crippen molar-refractivity contribution in [2.45, 2.75) is 42.7 Å². The number of ether oxygens (including phenoxy) is 2. The Morgan fingerprint density at radius 1 is 1.10 bits per heavy atom. The fourth-order valence-electron chi connectivity index (χ4n) is 4.18. The number of benzene rings is 2. The second-order valence-corrected chi connectivity index (χ2v) is 9.92. The third kappa shape index (κ3) is 4.16. The van der Waals surface area contributed by atoms with Crippen molar-refractivity contribution in [2.75, 3.05) is 19.5 Å². The molecule has 1 spiro atoms. The highest BCUT2D eigenvalue weighted by Gasteiger charge is 2.42. The Labute approximate surface area is 171 Å². The van der Waals surface area contributed by atoms with Crippen LogP contribution >= 0.6 is 0 Å². The lowest BCUT2D eigenvalue weighted by Crippen LogP contribution is -2.48. The first-order chi connectivity index (χ1) is 13.8. The third-order valence-corrected chi connectivity index (χ3v) is 6.78. The van der Waals surface area contributed by atoms with Crippen LogP contribution in [0.25, 0.3) is 11.1 Å². The van der Waals surface area contributed by atoms with Gasteiger partial charge in [0.1, 0.15) is 11.4 Å². The molecule has 2 aliphatic heterocycles. The standard InChI is InChI=1S/C22H25NO5S/c1-15(24)23-20-14-22(8-10-27-11-9-22)28-21-7-6-17(13-19(20)21)16-4-3-5-18(12-16)29(2,25)26/h3-7,12-13,20H,8-11,14H2,1-2H3,(H,23,24). The number of carbonyl (C=O) groups is 1. The maximum absolute atomic E-state index is 11.9. The summed E-state index contributed by atoms with van der Waals surface area (Å²) in [5, 5.41) is 3.07. The van der Waals surface area contributed by atoms with E-state index in [0.717, 1.165) is 35.3 Å². The van der Waals surface area contributed by atoms with Gasteiger partial charge in [-0.15, -0.1) is 0 Å². The summed E-state index contributed by atoms with van der Waals surface area (Å²) >= 11 is 0. The molecule has 0 bridgehead atoms. The molecule has 4 rings (SSSR count). The largest absolute Gasteiger partial charge is 0.487 e. The number of nitrogens with one attached hydrogen (secondary N) is 1. The number of rotatable bonds is 3. The number of carbonyl (C=O) groups excluding carboxylic acids is 1. The number of sulfone groups is 1.